The molecule has 0 spiro atoms. The third-order valence-electron chi connectivity index (χ3n) is 2.47. The fourth-order valence-corrected chi connectivity index (χ4v) is 1.37. The van der Waals surface area contributed by atoms with Crippen LogP contribution in [0.4, 0.5) is 0 Å². The van der Waals surface area contributed by atoms with E-state index in [0.717, 1.165) is 6.42 Å². The van der Waals surface area contributed by atoms with Gasteiger partial charge in [0, 0.05) is 5.92 Å². The van der Waals surface area contributed by atoms with Crippen LogP contribution in [0.2, 0.25) is 0 Å². The molecule has 6 heteroatoms. The summed E-state index contributed by atoms with van der Waals surface area (Å²) in [4.78, 5) is 32.6. The molecule has 1 rings (SSSR count). The van der Waals surface area contributed by atoms with E-state index >= 15 is 0 Å². The first kappa shape index (κ1) is 11.5. The summed E-state index contributed by atoms with van der Waals surface area (Å²) >= 11 is 0. The molecule has 0 aliphatic heterocycles. The van der Waals surface area contributed by atoms with Gasteiger partial charge in [-0.3, -0.25) is 9.59 Å². The van der Waals surface area contributed by atoms with Gasteiger partial charge >= 0.3 is 5.97 Å². The number of hydrogen-bond donors (Lipinski definition) is 3. The minimum Gasteiger partial charge on any atom is -0.480 e. The van der Waals surface area contributed by atoms with Crippen molar-refractivity contribution in [1.82, 2.24) is 5.32 Å². The predicted molar refractivity (Wildman–Crippen MR) is 50.6 cm³/mol. The fourth-order valence-electron chi connectivity index (χ4n) is 1.37. The fraction of sp³-hybridized carbons (Fsp3) is 0.667. The number of primary amides is 1. The monoisotopic (exact) mass is 214 g/mol. The molecule has 4 N–H and O–H groups in total. The van der Waals surface area contributed by atoms with Crippen molar-refractivity contribution in [3.8, 4) is 0 Å². The lowest BCUT2D eigenvalue weighted by atomic mass is 10.2. The topological polar surface area (TPSA) is 109 Å². The normalized spacial score (nSPS) is 25.4. The summed E-state index contributed by atoms with van der Waals surface area (Å²) in [6, 6.07) is -1.21. The first-order valence-corrected chi connectivity index (χ1v) is 4.73. The van der Waals surface area contributed by atoms with Gasteiger partial charge in [0.15, 0.2) is 0 Å². The number of carbonyl (C=O) groups excluding carboxylic acids is 2. The van der Waals surface area contributed by atoms with Crippen LogP contribution >= 0.6 is 0 Å². The smallest absolute Gasteiger partial charge is 0.326 e. The van der Waals surface area contributed by atoms with Gasteiger partial charge in [-0.25, -0.2) is 4.79 Å². The Balaban J connectivity index is 2.47. The molecule has 0 aromatic carbocycles. The Labute approximate surface area is 86.8 Å². The number of hydrogen-bond acceptors (Lipinski definition) is 3. The maximum Gasteiger partial charge on any atom is 0.326 e. The molecule has 1 saturated carbocycles. The van der Waals surface area contributed by atoms with E-state index in [1.54, 1.807) is 0 Å². The lowest BCUT2D eigenvalue weighted by Crippen LogP contribution is -2.44. The number of aliphatic carboxylic acids is 1. The van der Waals surface area contributed by atoms with Gasteiger partial charge in [-0.15, -0.1) is 0 Å². The van der Waals surface area contributed by atoms with Crippen LogP contribution in [0.15, 0.2) is 0 Å². The zero-order valence-corrected chi connectivity index (χ0v) is 8.40. The Morgan fingerprint density at radius 2 is 2.07 bits per heavy atom. The third kappa shape index (κ3) is 3.23. The third-order valence-corrected chi connectivity index (χ3v) is 2.47. The summed E-state index contributed by atoms with van der Waals surface area (Å²) in [6.07, 6.45) is 0.400. The minimum absolute atomic E-state index is 0.111. The number of amides is 2. The van der Waals surface area contributed by atoms with E-state index in [4.69, 9.17) is 10.8 Å². The van der Waals surface area contributed by atoms with Crippen LogP contribution in [0.5, 0.6) is 0 Å². The number of nitrogens with one attached hydrogen (secondary N) is 1. The highest BCUT2D eigenvalue weighted by atomic mass is 16.4. The summed E-state index contributed by atoms with van der Waals surface area (Å²) in [5.74, 6) is -2.11. The van der Waals surface area contributed by atoms with Crippen molar-refractivity contribution >= 4 is 17.8 Å². The molecule has 0 heterocycles. The molecule has 6 nitrogen and oxygen atoms in total. The molecule has 0 aromatic heterocycles. The lowest BCUT2D eigenvalue weighted by Gasteiger charge is -2.12. The van der Waals surface area contributed by atoms with E-state index in [9.17, 15) is 14.4 Å². The number of nitrogens with two attached hydrogens (primary N) is 1. The predicted octanol–water partition coefficient (Wildman–Crippen LogP) is -0.913. The molecular weight excluding hydrogens is 200 g/mol. The van der Waals surface area contributed by atoms with Crippen LogP contribution in [-0.2, 0) is 14.4 Å². The van der Waals surface area contributed by atoms with Gasteiger partial charge in [0.1, 0.15) is 6.04 Å². The maximum atomic E-state index is 11.4. The van der Waals surface area contributed by atoms with Crippen molar-refractivity contribution < 1.29 is 19.5 Å². The molecule has 15 heavy (non-hydrogen) atoms. The van der Waals surface area contributed by atoms with Gasteiger partial charge in [0.2, 0.25) is 11.8 Å². The van der Waals surface area contributed by atoms with Crippen molar-refractivity contribution in [1.29, 1.82) is 0 Å². The first-order chi connectivity index (χ1) is 6.91. The summed E-state index contributed by atoms with van der Waals surface area (Å²) in [5.41, 5.74) is 4.87. The second-order valence-corrected chi connectivity index (χ2v) is 3.89. The average molecular weight is 214 g/mol. The van der Waals surface area contributed by atoms with Crippen LogP contribution in [0.1, 0.15) is 19.8 Å². The lowest BCUT2D eigenvalue weighted by molar-refractivity contribution is -0.143. The highest BCUT2D eigenvalue weighted by Crippen LogP contribution is 2.37. The standard InChI is InChI=1S/C9H14N2O4/c1-4-2-5(4)8(13)11-6(9(14)15)3-7(10)12/h4-6H,2-3H2,1H3,(H2,10,12)(H,11,13)(H,14,15). The molecule has 0 saturated heterocycles. The molecule has 1 fully saturated rings. The molecule has 0 aromatic rings. The maximum absolute atomic E-state index is 11.4. The van der Waals surface area contributed by atoms with Gasteiger partial charge < -0.3 is 16.2 Å². The summed E-state index contributed by atoms with van der Waals surface area (Å²) in [5, 5.41) is 11.0. The Morgan fingerprint density at radius 1 is 1.53 bits per heavy atom. The molecule has 3 atom stereocenters. The van der Waals surface area contributed by atoms with E-state index in [1.165, 1.54) is 0 Å². The first-order valence-electron chi connectivity index (χ1n) is 4.73. The molecule has 3 unspecified atom stereocenters. The molecule has 2 amide bonds. The van der Waals surface area contributed by atoms with Crippen molar-refractivity contribution in [2.45, 2.75) is 25.8 Å². The highest BCUT2D eigenvalue weighted by Gasteiger charge is 2.40. The minimum atomic E-state index is -1.24. The van der Waals surface area contributed by atoms with Crippen molar-refractivity contribution in [2.24, 2.45) is 17.6 Å². The van der Waals surface area contributed by atoms with E-state index in [2.05, 4.69) is 5.32 Å². The summed E-state index contributed by atoms with van der Waals surface area (Å²) in [6.45, 7) is 1.91. The number of carboxylic acid groups (broad SMARTS) is 1. The van der Waals surface area contributed by atoms with Crippen molar-refractivity contribution in [3.05, 3.63) is 0 Å². The Morgan fingerprint density at radius 3 is 2.40 bits per heavy atom. The van der Waals surface area contributed by atoms with Crippen LogP contribution in [-0.4, -0.2) is 28.9 Å². The Bertz CT molecular complexity index is 302. The van der Waals surface area contributed by atoms with Gasteiger partial charge in [-0.2, -0.15) is 0 Å². The quantitative estimate of drug-likeness (QED) is 0.550. The van der Waals surface area contributed by atoms with Crippen LogP contribution in [0, 0.1) is 11.8 Å². The SMILES string of the molecule is CC1CC1C(=O)NC(CC(N)=O)C(=O)O. The van der Waals surface area contributed by atoms with E-state index in [1.807, 2.05) is 6.92 Å². The van der Waals surface area contributed by atoms with Gasteiger partial charge in [0.05, 0.1) is 6.42 Å². The van der Waals surface area contributed by atoms with E-state index < -0.39 is 17.9 Å². The van der Waals surface area contributed by atoms with Gasteiger partial charge in [-0.1, -0.05) is 6.92 Å². The number of carbonyl (C=O) groups is 3. The van der Waals surface area contributed by atoms with Gasteiger partial charge in [-0.05, 0) is 12.3 Å². The van der Waals surface area contributed by atoms with Crippen molar-refractivity contribution in [3.63, 3.8) is 0 Å². The summed E-state index contributed by atoms with van der Waals surface area (Å²) in [7, 11) is 0. The number of rotatable bonds is 5. The van der Waals surface area contributed by atoms with Crippen LogP contribution < -0.4 is 11.1 Å². The van der Waals surface area contributed by atoms with Crippen molar-refractivity contribution in [2.75, 3.05) is 0 Å². The van der Waals surface area contributed by atoms with Crippen LogP contribution in [0.25, 0.3) is 0 Å². The van der Waals surface area contributed by atoms with E-state index in [0.29, 0.717) is 5.92 Å². The molecule has 0 radical (unpaired) electrons. The van der Waals surface area contributed by atoms with Crippen LogP contribution in [0.3, 0.4) is 0 Å². The Kier molecular flexibility index (Phi) is 3.28. The second-order valence-electron chi connectivity index (χ2n) is 3.89. The van der Waals surface area contributed by atoms with Gasteiger partial charge in [0.25, 0.3) is 0 Å². The number of carboxylic acids is 1. The molecule has 1 aliphatic rings. The zero-order valence-electron chi connectivity index (χ0n) is 8.40. The summed E-state index contributed by atoms with van der Waals surface area (Å²) < 4.78 is 0. The Hall–Kier alpha value is -1.59. The molecule has 0 bridgehead atoms. The second kappa shape index (κ2) is 4.29. The largest absolute Gasteiger partial charge is 0.480 e. The van der Waals surface area contributed by atoms with E-state index in [-0.39, 0.29) is 18.2 Å². The zero-order chi connectivity index (χ0) is 11.6. The highest BCUT2D eigenvalue weighted by molar-refractivity contribution is 5.89. The molecule has 1 aliphatic carbocycles. The molecule has 84 valence electrons. The average Bonchev–Trinajstić information content (AvgIpc) is 2.80. The molecular formula is C9H14N2O4.